The molecule has 10 heteroatoms. The van der Waals surface area contributed by atoms with Crippen molar-refractivity contribution >= 4 is 29.3 Å². The molecule has 0 radical (unpaired) electrons. The van der Waals surface area contributed by atoms with E-state index in [4.69, 9.17) is 5.73 Å². The number of carbonyl (C=O) groups is 2. The van der Waals surface area contributed by atoms with Crippen molar-refractivity contribution in [2.75, 3.05) is 43.4 Å². The normalized spacial score (nSPS) is 20.8. The van der Waals surface area contributed by atoms with E-state index < -0.39 is 5.91 Å². The molecule has 36 heavy (non-hydrogen) atoms. The molecule has 3 aliphatic rings. The van der Waals surface area contributed by atoms with Gasteiger partial charge in [0.15, 0.2) is 11.5 Å². The van der Waals surface area contributed by atoms with E-state index in [9.17, 15) is 9.59 Å². The van der Waals surface area contributed by atoms with E-state index in [0.29, 0.717) is 25.0 Å². The van der Waals surface area contributed by atoms with Crippen LogP contribution in [-0.4, -0.2) is 82.1 Å². The number of carbonyl (C=O) groups excluding carboxylic acids is 2. The predicted octanol–water partition coefficient (Wildman–Crippen LogP) is 2.28. The average Bonchev–Trinajstić information content (AvgIpc) is 3.64. The number of anilines is 3. The number of benzene rings is 1. The minimum absolute atomic E-state index is 0.0152. The first kappa shape index (κ1) is 24.2. The van der Waals surface area contributed by atoms with Crippen LogP contribution in [0.2, 0.25) is 0 Å². The smallest absolute Gasteiger partial charge is 0.273 e. The summed E-state index contributed by atoms with van der Waals surface area (Å²) in [7, 11) is 1.86. The van der Waals surface area contributed by atoms with E-state index in [1.165, 1.54) is 50.4 Å². The molecular formula is C26H34N8O2. The zero-order valence-electron chi connectivity index (χ0n) is 20.8. The molecule has 1 aliphatic carbocycles. The maximum atomic E-state index is 12.0. The summed E-state index contributed by atoms with van der Waals surface area (Å²) in [6.45, 7) is 7.11. The molecule has 3 heterocycles. The molecule has 1 atom stereocenters. The number of nitrogens with one attached hydrogen (secondary N) is 1. The van der Waals surface area contributed by atoms with Crippen molar-refractivity contribution in [1.29, 1.82) is 0 Å². The maximum Gasteiger partial charge on any atom is 0.273 e. The van der Waals surface area contributed by atoms with Gasteiger partial charge in [0.1, 0.15) is 0 Å². The van der Waals surface area contributed by atoms with Crippen LogP contribution in [0.15, 0.2) is 36.9 Å². The Hall–Kier alpha value is -3.53. The summed E-state index contributed by atoms with van der Waals surface area (Å²) in [6, 6.07) is 9.19. The first-order chi connectivity index (χ1) is 17.4. The van der Waals surface area contributed by atoms with Gasteiger partial charge in [-0.2, -0.15) is 4.98 Å². The molecule has 2 amide bonds. The summed E-state index contributed by atoms with van der Waals surface area (Å²) in [5.41, 5.74) is 7.67. The van der Waals surface area contributed by atoms with Crippen LogP contribution in [-0.2, 0) is 4.79 Å². The molecule has 1 unspecified atom stereocenters. The highest BCUT2D eigenvalue weighted by atomic mass is 16.2. The van der Waals surface area contributed by atoms with Gasteiger partial charge in [-0.3, -0.25) is 9.59 Å². The highest BCUT2D eigenvalue weighted by molar-refractivity contribution is 5.96. The number of aromatic nitrogens is 3. The third-order valence-electron chi connectivity index (χ3n) is 7.66. The van der Waals surface area contributed by atoms with Gasteiger partial charge in [0.05, 0.1) is 6.04 Å². The zero-order valence-corrected chi connectivity index (χ0v) is 20.8. The Morgan fingerprint density at radius 3 is 2.44 bits per heavy atom. The fraction of sp³-hybridized carbons (Fsp3) is 0.500. The minimum atomic E-state index is -0.700. The van der Waals surface area contributed by atoms with Gasteiger partial charge < -0.3 is 25.8 Å². The monoisotopic (exact) mass is 490 g/mol. The Morgan fingerprint density at radius 1 is 1.08 bits per heavy atom. The van der Waals surface area contributed by atoms with Gasteiger partial charge in [-0.25, -0.2) is 0 Å². The highest BCUT2D eigenvalue weighted by Gasteiger charge is 2.32. The second kappa shape index (κ2) is 10.2. The number of hydrogen-bond acceptors (Lipinski definition) is 8. The van der Waals surface area contributed by atoms with Crippen molar-refractivity contribution in [3.63, 3.8) is 0 Å². The molecule has 2 aromatic rings. The third-order valence-corrected chi connectivity index (χ3v) is 7.66. The lowest BCUT2D eigenvalue weighted by Crippen LogP contribution is -2.37. The minimum Gasteiger partial charge on any atom is -0.364 e. The summed E-state index contributed by atoms with van der Waals surface area (Å²) in [5.74, 6) is 0.416. The molecule has 3 fully saturated rings. The Bertz CT molecular complexity index is 1130. The van der Waals surface area contributed by atoms with Gasteiger partial charge in [0.25, 0.3) is 5.91 Å². The van der Waals surface area contributed by atoms with Crippen molar-refractivity contribution < 1.29 is 9.59 Å². The van der Waals surface area contributed by atoms with Crippen molar-refractivity contribution in [2.24, 2.45) is 5.73 Å². The lowest BCUT2D eigenvalue weighted by atomic mass is 9.89. The van der Waals surface area contributed by atoms with Crippen LogP contribution < -0.4 is 16.0 Å². The Balaban J connectivity index is 1.27. The summed E-state index contributed by atoms with van der Waals surface area (Å²) in [5, 5.41) is 11.4. The molecule has 190 valence electrons. The molecule has 1 aromatic carbocycles. The Kier molecular flexibility index (Phi) is 6.86. The predicted molar refractivity (Wildman–Crippen MR) is 138 cm³/mol. The summed E-state index contributed by atoms with van der Waals surface area (Å²) in [6.07, 6.45) is 7.21. The molecule has 5 rings (SSSR count). The van der Waals surface area contributed by atoms with Gasteiger partial charge in [0.2, 0.25) is 11.9 Å². The average molecular weight is 491 g/mol. The van der Waals surface area contributed by atoms with Gasteiger partial charge in [-0.05, 0) is 74.9 Å². The molecule has 2 aliphatic heterocycles. The van der Waals surface area contributed by atoms with E-state index >= 15 is 0 Å². The van der Waals surface area contributed by atoms with Gasteiger partial charge in [-0.1, -0.05) is 18.7 Å². The fourth-order valence-corrected chi connectivity index (χ4v) is 5.28. The maximum absolute atomic E-state index is 12.0. The van der Waals surface area contributed by atoms with E-state index in [1.54, 1.807) is 4.90 Å². The summed E-state index contributed by atoms with van der Waals surface area (Å²) in [4.78, 5) is 34.8. The largest absolute Gasteiger partial charge is 0.364 e. The van der Waals surface area contributed by atoms with Crippen molar-refractivity contribution in [3.8, 4) is 0 Å². The molecule has 1 aromatic heterocycles. The van der Waals surface area contributed by atoms with Gasteiger partial charge in [-0.15, -0.1) is 10.2 Å². The van der Waals surface area contributed by atoms with Gasteiger partial charge in [0, 0.05) is 31.9 Å². The number of likely N-dealkylation sites (N-methyl/N-ethyl adjacent to an activating group) is 1. The molecule has 0 bridgehead atoms. The van der Waals surface area contributed by atoms with E-state index in [1.807, 2.05) is 24.1 Å². The highest BCUT2D eigenvalue weighted by Crippen LogP contribution is 2.35. The van der Waals surface area contributed by atoms with Crippen LogP contribution >= 0.6 is 0 Å². The number of nitrogens with two attached hydrogens (primary N) is 1. The molecule has 3 N–H and O–H groups in total. The van der Waals surface area contributed by atoms with Crippen molar-refractivity contribution in [2.45, 2.75) is 50.1 Å². The first-order valence-corrected chi connectivity index (χ1v) is 12.7. The van der Waals surface area contributed by atoms with E-state index in [0.717, 1.165) is 18.2 Å². The number of likely N-dealkylation sites (tertiary alicyclic amines) is 2. The third kappa shape index (κ3) is 5.18. The number of rotatable bonds is 8. The number of nitrogens with zero attached hydrogens (tertiary/aromatic N) is 6. The lowest BCUT2D eigenvalue weighted by molar-refractivity contribution is -0.125. The fourth-order valence-electron chi connectivity index (χ4n) is 5.28. The topological polar surface area (TPSA) is 121 Å². The number of piperidine rings is 1. The van der Waals surface area contributed by atoms with E-state index in [-0.39, 0.29) is 23.5 Å². The van der Waals surface area contributed by atoms with Crippen LogP contribution in [0.5, 0.6) is 0 Å². The molecule has 2 saturated heterocycles. The second-order valence-electron chi connectivity index (χ2n) is 10.0. The van der Waals surface area contributed by atoms with E-state index in [2.05, 4.69) is 44.1 Å². The standard InChI is InChI=1S/C26H34N8O2/c1-3-22(35)34-15-12-21(16-34)32(2)26-29-25(23(24(27)36)30-31-26)28-19-6-4-17(5-7-19)18-10-13-33(14-11-18)20-8-9-20/h3-7,18,20-21H,1,8-16H2,2H3,(H2,27,36)(H,28,29,31). The van der Waals surface area contributed by atoms with Crippen LogP contribution in [0.1, 0.15) is 54.1 Å². The Morgan fingerprint density at radius 2 is 1.81 bits per heavy atom. The first-order valence-electron chi connectivity index (χ1n) is 12.7. The number of primary amides is 1. The molecule has 10 nitrogen and oxygen atoms in total. The number of hydrogen-bond donors (Lipinski definition) is 2. The molecular weight excluding hydrogens is 456 g/mol. The number of amides is 2. The summed E-state index contributed by atoms with van der Waals surface area (Å²) >= 11 is 0. The van der Waals surface area contributed by atoms with Crippen LogP contribution in [0.3, 0.4) is 0 Å². The van der Waals surface area contributed by atoms with Crippen molar-refractivity contribution in [3.05, 3.63) is 48.2 Å². The summed E-state index contributed by atoms with van der Waals surface area (Å²) < 4.78 is 0. The second-order valence-corrected chi connectivity index (χ2v) is 10.0. The molecule has 0 spiro atoms. The van der Waals surface area contributed by atoms with Gasteiger partial charge >= 0.3 is 0 Å². The molecule has 1 saturated carbocycles. The van der Waals surface area contributed by atoms with Crippen LogP contribution in [0, 0.1) is 0 Å². The Labute approximate surface area is 211 Å². The quantitative estimate of drug-likeness (QED) is 0.541. The SMILES string of the molecule is C=CC(=O)N1CCC(N(C)c2nnc(C(N)=O)c(Nc3ccc(C4CCN(C5CC5)CC4)cc3)n2)C1. The zero-order chi connectivity index (χ0) is 25.2. The van der Waals surface area contributed by atoms with Crippen molar-refractivity contribution in [1.82, 2.24) is 25.0 Å². The van der Waals surface area contributed by atoms with Crippen LogP contribution in [0.25, 0.3) is 0 Å². The lowest BCUT2D eigenvalue weighted by Gasteiger charge is -2.32. The van der Waals surface area contributed by atoms with Crippen LogP contribution in [0.4, 0.5) is 17.5 Å².